The second-order valence-corrected chi connectivity index (χ2v) is 7.68. The van der Waals surface area contributed by atoms with Crippen LogP contribution in [0.2, 0.25) is 0 Å². The van der Waals surface area contributed by atoms with Gasteiger partial charge in [0, 0.05) is 6.54 Å². The lowest BCUT2D eigenvalue weighted by atomic mass is 9.97. The van der Waals surface area contributed by atoms with E-state index in [2.05, 4.69) is 43.0 Å². The van der Waals surface area contributed by atoms with Gasteiger partial charge in [0.25, 0.3) is 0 Å². The van der Waals surface area contributed by atoms with E-state index in [0.717, 1.165) is 48.3 Å². The summed E-state index contributed by atoms with van der Waals surface area (Å²) in [5.74, 6) is -0.408. The number of rotatable bonds is 11. The van der Waals surface area contributed by atoms with E-state index in [4.69, 9.17) is 4.74 Å². The number of fused-ring (bicyclic) bond motifs is 3. The zero-order chi connectivity index (χ0) is 19.8. The number of carbonyl (C=O) groups is 1. The SMILES string of the molecule is CCCCN(CCCC)CCCOC(=O)C1c2ccccc2-c2ccccc21. The van der Waals surface area contributed by atoms with Crippen LogP contribution in [-0.4, -0.2) is 37.1 Å². The Kier molecular flexibility index (Phi) is 7.67. The first-order chi connectivity index (χ1) is 13.8. The van der Waals surface area contributed by atoms with Gasteiger partial charge in [0.05, 0.1) is 6.61 Å². The van der Waals surface area contributed by atoms with Crippen LogP contribution in [0.4, 0.5) is 0 Å². The Labute approximate surface area is 169 Å². The Morgan fingerprint density at radius 1 is 0.821 bits per heavy atom. The van der Waals surface area contributed by atoms with Gasteiger partial charge in [-0.15, -0.1) is 0 Å². The number of hydrogen-bond donors (Lipinski definition) is 0. The van der Waals surface area contributed by atoms with Gasteiger partial charge < -0.3 is 9.64 Å². The number of ether oxygens (including phenoxy) is 1. The third-order valence-corrected chi connectivity index (χ3v) is 5.59. The van der Waals surface area contributed by atoms with Crippen LogP contribution in [0.25, 0.3) is 11.1 Å². The number of esters is 1. The van der Waals surface area contributed by atoms with E-state index in [0.29, 0.717) is 6.61 Å². The van der Waals surface area contributed by atoms with Crippen LogP contribution in [0, 0.1) is 0 Å². The minimum absolute atomic E-state index is 0.119. The average molecular weight is 380 g/mol. The van der Waals surface area contributed by atoms with Gasteiger partial charge in [-0.2, -0.15) is 0 Å². The molecule has 0 amide bonds. The summed E-state index contributed by atoms with van der Waals surface area (Å²) in [5, 5.41) is 0. The molecule has 0 heterocycles. The van der Waals surface area contributed by atoms with E-state index in [9.17, 15) is 4.79 Å². The first kappa shape index (κ1) is 20.6. The Hall–Kier alpha value is -2.13. The van der Waals surface area contributed by atoms with E-state index in [-0.39, 0.29) is 11.9 Å². The fourth-order valence-corrected chi connectivity index (χ4v) is 4.05. The summed E-state index contributed by atoms with van der Waals surface area (Å²) in [6, 6.07) is 16.4. The zero-order valence-electron chi connectivity index (χ0n) is 17.3. The van der Waals surface area contributed by atoms with Crippen molar-refractivity contribution in [3.8, 4) is 11.1 Å². The summed E-state index contributed by atoms with van der Waals surface area (Å²) >= 11 is 0. The van der Waals surface area contributed by atoms with Gasteiger partial charge in [0.1, 0.15) is 5.92 Å². The Bertz CT molecular complexity index is 717. The highest BCUT2D eigenvalue weighted by atomic mass is 16.5. The highest BCUT2D eigenvalue weighted by Crippen LogP contribution is 2.44. The van der Waals surface area contributed by atoms with Gasteiger partial charge >= 0.3 is 5.97 Å². The summed E-state index contributed by atoms with van der Waals surface area (Å²) in [4.78, 5) is 15.4. The van der Waals surface area contributed by atoms with Gasteiger partial charge in [-0.05, 0) is 54.6 Å². The number of benzene rings is 2. The molecule has 2 aromatic rings. The van der Waals surface area contributed by atoms with Gasteiger partial charge in [0.15, 0.2) is 0 Å². The smallest absolute Gasteiger partial charge is 0.317 e. The topological polar surface area (TPSA) is 29.5 Å². The van der Waals surface area contributed by atoms with Crippen molar-refractivity contribution in [3.05, 3.63) is 59.7 Å². The van der Waals surface area contributed by atoms with E-state index in [1.54, 1.807) is 0 Å². The largest absolute Gasteiger partial charge is 0.465 e. The molecule has 0 aromatic heterocycles. The first-order valence-electron chi connectivity index (χ1n) is 10.8. The van der Waals surface area contributed by atoms with Crippen molar-refractivity contribution in [1.29, 1.82) is 0 Å². The lowest BCUT2D eigenvalue weighted by molar-refractivity contribution is -0.144. The number of carbonyl (C=O) groups excluding carboxylic acids is 1. The van der Waals surface area contributed by atoms with Crippen molar-refractivity contribution < 1.29 is 9.53 Å². The molecule has 0 saturated heterocycles. The number of unbranched alkanes of at least 4 members (excludes halogenated alkanes) is 2. The summed E-state index contributed by atoms with van der Waals surface area (Å²) in [7, 11) is 0. The van der Waals surface area contributed by atoms with Gasteiger partial charge in [-0.3, -0.25) is 4.79 Å². The van der Waals surface area contributed by atoms with E-state index >= 15 is 0 Å². The van der Waals surface area contributed by atoms with E-state index in [1.165, 1.54) is 25.7 Å². The molecular formula is C25H33NO2. The van der Waals surface area contributed by atoms with Crippen molar-refractivity contribution >= 4 is 5.97 Å². The molecule has 150 valence electrons. The quantitative estimate of drug-likeness (QED) is 0.374. The summed E-state index contributed by atoms with van der Waals surface area (Å²) < 4.78 is 5.73. The van der Waals surface area contributed by atoms with Crippen molar-refractivity contribution in [2.75, 3.05) is 26.2 Å². The maximum Gasteiger partial charge on any atom is 0.317 e. The second kappa shape index (κ2) is 10.4. The van der Waals surface area contributed by atoms with Crippen LogP contribution in [0.5, 0.6) is 0 Å². The van der Waals surface area contributed by atoms with Gasteiger partial charge in [-0.1, -0.05) is 75.2 Å². The minimum atomic E-state index is -0.288. The molecule has 3 heteroatoms. The molecule has 3 rings (SSSR count). The molecule has 1 aliphatic rings. The van der Waals surface area contributed by atoms with Crippen LogP contribution in [0.15, 0.2) is 48.5 Å². The van der Waals surface area contributed by atoms with Crippen LogP contribution >= 0.6 is 0 Å². The Morgan fingerprint density at radius 3 is 1.86 bits per heavy atom. The van der Waals surface area contributed by atoms with Crippen LogP contribution < -0.4 is 0 Å². The Morgan fingerprint density at radius 2 is 1.32 bits per heavy atom. The summed E-state index contributed by atoms with van der Waals surface area (Å²) in [6.07, 6.45) is 5.81. The molecular weight excluding hydrogens is 346 g/mol. The average Bonchev–Trinajstić information content (AvgIpc) is 3.07. The molecule has 0 unspecified atom stereocenters. The molecule has 0 aliphatic heterocycles. The van der Waals surface area contributed by atoms with Gasteiger partial charge in [0.2, 0.25) is 0 Å². The minimum Gasteiger partial charge on any atom is -0.465 e. The van der Waals surface area contributed by atoms with Crippen molar-refractivity contribution in [2.45, 2.75) is 51.9 Å². The lowest BCUT2D eigenvalue weighted by Crippen LogP contribution is -2.28. The number of hydrogen-bond acceptors (Lipinski definition) is 3. The third kappa shape index (κ3) is 4.82. The van der Waals surface area contributed by atoms with Crippen LogP contribution in [0.3, 0.4) is 0 Å². The fraction of sp³-hybridized carbons (Fsp3) is 0.480. The molecule has 0 radical (unpaired) electrons. The molecule has 0 atom stereocenters. The van der Waals surface area contributed by atoms with Crippen molar-refractivity contribution in [1.82, 2.24) is 4.90 Å². The van der Waals surface area contributed by atoms with Crippen molar-refractivity contribution in [2.24, 2.45) is 0 Å². The monoisotopic (exact) mass is 379 g/mol. The second-order valence-electron chi connectivity index (χ2n) is 7.68. The third-order valence-electron chi connectivity index (χ3n) is 5.59. The molecule has 0 N–H and O–H groups in total. The molecule has 0 fully saturated rings. The van der Waals surface area contributed by atoms with Crippen LogP contribution in [-0.2, 0) is 9.53 Å². The fourth-order valence-electron chi connectivity index (χ4n) is 4.05. The summed E-state index contributed by atoms with van der Waals surface area (Å²) in [5.41, 5.74) is 4.46. The normalized spacial score (nSPS) is 12.8. The van der Waals surface area contributed by atoms with Gasteiger partial charge in [-0.25, -0.2) is 0 Å². The predicted molar refractivity (Wildman–Crippen MR) is 116 cm³/mol. The predicted octanol–water partition coefficient (Wildman–Crippen LogP) is 5.63. The lowest BCUT2D eigenvalue weighted by Gasteiger charge is -2.22. The maximum absolute atomic E-state index is 12.9. The maximum atomic E-state index is 12.9. The van der Waals surface area contributed by atoms with E-state index in [1.807, 2.05) is 24.3 Å². The molecule has 0 spiro atoms. The number of nitrogens with zero attached hydrogens (tertiary/aromatic N) is 1. The van der Waals surface area contributed by atoms with Crippen molar-refractivity contribution in [3.63, 3.8) is 0 Å². The highest BCUT2D eigenvalue weighted by Gasteiger charge is 2.34. The van der Waals surface area contributed by atoms with E-state index < -0.39 is 0 Å². The van der Waals surface area contributed by atoms with Crippen LogP contribution in [0.1, 0.15) is 63.0 Å². The molecule has 1 aliphatic carbocycles. The molecule has 28 heavy (non-hydrogen) atoms. The first-order valence-corrected chi connectivity index (χ1v) is 10.8. The standard InChI is InChI=1S/C25H33NO2/c1-3-5-16-26(17-6-4-2)18-11-19-28-25(27)24-22-14-9-7-12-20(22)21-13-8-10-15-23(21)24/h7-10,12-15,24H,3-6,11,16-19H2,1-2H3. The molecule has 2 aromatic carbocycles. The summed E-state index contributed by atoms with van der Waals surface area (Å²) in [6.45, 7) is 8.26. The highest BCUT2D eigenvalue weighted by molar-refractivity contribution is 5.93. The molecule has 3 nitrogen and oxygen atoms in total. The molecule has 0 bridgehead atoms. The zero-order valence-corrected chi connectivity index (χ0v) is 17.3. The molecule has 0 saturated carbocycles. The Balaban J connectivity index is 1.56.